The van der Waals surface area contributed by atoms with Gasteiger partial charge < -0.3 is 14.6 Å². The van der Waals surface area contributed by atoms with E-state index in [4.69, 9.17) is 14.6 Å². The fourth-order valence-electron chi connectivity index (χ4n) is 2.54. The summed E-state index contributed by atoms with van der Waals surface area (Å²) in [5.41, 5.74) is 0.145. The van der Waals surface area contributed by atoms with E-state index in [1.54, 1.807) is 0 Å². The third kappa shape index (κ3) is 10.4. The van der Waals surface area contributed by atoms with Gasteiger partial charge in [-0.25, -0.2) is 9.59 Å². The van der Waals surface area contributed by atoms with Gasteiger partial charge in [-0.2, -0.15) is 0 Å². The Balaban J connectivity index is 1.99. The molecule has 0 fully saturated rings. The number of hydrogen-bond donors (Lipinski definition) is 1. The Kier molecular flexibility index (Phi) is 11.2. The average molecular weight is 350 g/mol. The van der Waals surface area contributed by atoms with E-state index < -0.39 is 12.1 Å². The molecule has 0 aliphatic carbocycles. The Morgan fingerprint density at radius 1 is 0.840 bits per heavy atom. The predicted molar refractivity (Wildman–Crippen MR) is 97.2 cm³/mol. The first-order valence-corrected chi connectivity index (χ1v) is 9.31. The third-order valence-electron chi connectivity index (χ3n) is 4.02. The van der Waals surface area contributed by atoms with E-state index in [2.05, 4.69) is 6.92 Å². The van der Waals surface area contributed by atoms with Crippen molar-refractivity contribution in [2.75, 3.05) is 6.61 Å². The minimum absolute atomic E-state index is 0.145. The summed E-state index contributed by atoms with van der Waals surface area (Å²) in [5, 5.41) is 8.79. The standard InChI is InChI=1S/C20H30O5/c1-2-3-4-5-6-7-8-9-10-11-16-24-20(23)25-18-14-12-17(13-15-18)19(21)22/h12-15H,2-11,16H2,1H3,(H,21,22). The number of carboxylic acid groups (broad SMARTS) is 1. The quantitative estimate of drug-likeness (QED) is 0.276. The molecule has 0 atom stereocenters. The molecule has 0 bridgehead atoms. The summed E-state index contributed by atoms with van der Waals surface area (Å²) in [6.45, 7) is 2.58. The van der Waals surface area contributed by atoms with E-state index in [-0.39, 0.29) is 11.3 Å². The summed E-state index contributed by atoms with van der Waals surface area (Å²) in [4.78, 5) is 22.3. The Morgan fingerprint density at radius 2 is 1.36 bits per heavy atom. The largest absolute Gasteiger partial charge is 0.513 e. The number of ether oxygens (including phenoxy) is 2. The second kappa shape index (κ2) is 13.3. The van der Waals surface area contributed by atoms with Gasteiger partial charge in [-0.3, -0.25) is 0 Å². The Hall–Kier alpha value is -2.04. The van der Waals surface area contributed by atoms with Crippen molar-refractivity contribution in [1.82, 2.24) is 0 Å². The van der Waals surface area contributed by atoms with Gasteiger partial charge in [0.05, 0.1) is 12.2 Å². The van der Waals surface area contributed by atoms with Crippen LogP contribution in [0.4, 0.5) is 4.79 Å². The maximum Gasteiger partial charge on any atom is 0.513 e. The molecule has 0 saturated heterocycles. The topological polar surface area (TPSA) is 72.8 Å². The smallest absolute Gasteiger partial charge is 0.478 e. The van der Waals surface area contributed by atoms with Gasteiger partial charge in [0.15, 0.2) is 0 Å². The summed E-state index contributed by atoms with van der Waals surface area (Å²) < 4.78 is 10.0. The minimum Gasteiger partial charge on any atom is -0.478 e. The highest BCUT2D eigenvalue weighted by molar-refractivity contribution is 5.87. The number of unbranched alkanes of at least 4 members (excludes halogenated alkanes) is 9. The van der Waals surface area contributed by atoms with Crippen molar-refractivity contribution in [3.8, 4) is 5.75 Å². The molecule has 5 heteroatoms. The van der Waals surface area contributed by atoms with Crippen LogP contribution in [0.15, 0.2) is 24.3 Å². The van der Waals surface area contributed by atoms with Crippen LogP contribution in [-0.2, 0) is 4.74 Å². The van der Waals surface area contributed by atoms with Crippen LogP contribution in [0, 0.1) is 0 Å². The highest BCUT2D eigenvalue weighted by Gasteiger charge is 2.07. The molecule has 140 valence electrons. The van der Waals surface area contributed by atoms with E-state index in [9.17, 15) is 9.59 Å². The summed E-state index contributed by atoms with van der Waals surface area (Å²) in [6.07, 6.45) is 11.5. The van der Waals surface area contributed by atoms with E-state index in [1.165, 1.54) is 75.6 Å². The molecule has 0 saturated carbocycles. The van der Waals surface area contributed by atoms with Gasteiger partial charge in [0, 0.05) is 0 Å². The van der Waals surface area contributed by atoms with Crippen LogP contribution in [0.1, 0.15) is 81.5 Å². The van der Waals surface area contributed by atoms with Gasteiger partial charge in [0.2, 0.25) is 0 Å². The molecule has 0 spiro atoms. The second-order valence-electron chi connectivity index (χ2n) is 6.21. The lowest BCUT2D eigenvalue weighted by molar-refractivity contribution is 0.0697. The van der Waals surface area contributed by atoms with Crippen LogP contribution in [0.2, 0.25) is 0 Å². The van der Waals surface area contributed by atoms with Crippen LogP contribution >= 0.6 is 0 Å². The number of carbonyl (C=O) groups is 2. The van der Waals surface area contributed by atoms with Crippen LogP contribution in [0.3, 0.4) is 0 Å². The average Bonchev–Trinajstić information content (AvgIpc) is 2.60. The van der Waals surface area contributed by atoms with Gasteiger partial charge in [0.1, 0.15) is 5.75 Å². The summed E-state index contributed by atoms with van der Waals surface area (Å²) in [6, 6.07) is 5.64. The monoisotopic (exact) mass is 350 g/mol. The van der Waals surface area contributed by atoms with Crippen molar-refractivity contribution >= 4 is 12.1 Å². The molecule has 1 aromatic rings. The number of rotatable bonds is 13. The lowest BCUT2D eigenvalue weighted by atomic mass is 10.1. The molecule has 1 rings (SSSR count). The molecule has 0 aliphatic rings. The number of carbonyl (C=O) groups excluding carboxylic acids is 1. The van der Waals surface area contributed by atoms with Crippen molar-refractivity contribution in [2.45, 2.75) is 71.1 Å². The molecule has 25 heavy (non-hydrogen) atoms. The van der Waals surface area contributed by atoms with E-state index >= 15 is 0 Å². The highest BCUT2D eigenvalue weighted by Crippen LogP contribution is 2.13. The first kappa shape index (κ1) is 21.0. The molecular weight excluding hydrogens is 320 g/mol. The van der Waals surface area contributed by atoms with Gasteiger partial charge in [0.25, 0.3) is 0 Å². The third-order valence-corrected chi connectivity index (χ3v) is 4.02. The number of aromatic carboxylic acids is 1. The second-order valence-corrected chi connectivity index (χ2v) is 6.21. The van der Waals surface area contributed by atoms with Crippen molar-refractivity contribution in [2.24, 2.45) is 0 Å². The molecule has 1 aromatic carbocycles. The molecular formula is C20H30O5. The first-order valence-electron chi connectivity index (χ1n) is 9.31. The minimum atomic E-state index is -1.02. The van der Waals surface area contributed by atoms with E-state index in [1.807, 2.05) is 0 Å². The van der Waals surface area contributed by atoms with Crippen molar-refractivity contribution in [3.63, 3.8) is 0 Å². The number of carboxylic acids is 1. The molecule has 0 unspecified atom stereocenters. The predicted octanol–water partition coefficient (Wildman–Crippen LogP) is 5.82. The Labute approximate surface area is 150 Å². The fourth-order valence-corrected chi connectivity index (χ4v) is 2.54. The number of hydrogen-bond acceptors (Lipinski definition) is 4. The Morgan fingerprint density at radius 3 is 1.88 bits per heavy atom. The van der Waals surface area contributed by atoms with E-state index in [0.29, 0.717) is 6.61 Å². The lowest BCUT2D eigenvalue weighted by Gasteiger charge is -2.06. The fraction of sp³-hybridized carbons (Fsp3) is 0.600. The van der Waals surface area contributed by atoms with Crippen molar-refractivity contribution < 1.29 is 24.2 Å². The Bertz CT molecular complexity index is 495. The zero-order chi connectivity index (χ0) is 18.3. The van der Waals surface area contributed by atoms with Gasteiger partial charge in [-0.1, -0.05) is 64.7 Å². The molecule has 0 heterocycles. The normalized spacial score (nSPS) is 10.4. The van der Waals surface area contributed by atoms with E-state index in [0.717, 1.165) is 12.8 Å². The summed E-state index contributed by atoms with van der Waals surface area (Å²) >= 11 is 0. The van der Waals surface area contributed by atoms with Crippen LogP contribution in [0.5, 0.6) is 5.75 Å². The molecule has 5 nitrogen and oxygen atoms in total. The van der Waals surface area contributed by atoms with Crippen LogP contribution in [-0.4, -0.2) is 23.8 Å². The molecule has 0 aromatic heterocycles. The molecule has 0 aliphatic heterocycles. The van der Waals surface area contributed by atoms with Crippen LogP contribution < -0.4 is 4.74 Å². The van der Waals surface area contributed by atoms with Gasteiger partial charge in [-0.15, -0.1) is 0 Å². The van der Waals surface area contributed by atoms with Gasteiger partial charge >= 0.3 is 12.1 Å². The lowest BCUT2D eigenvalue weighted by Crippen LogP contribution is -2.11. The molecule has 0 radical (unpaired) electrons. The summed E-state index contributed by atoms with van der Waals surface area (Å²) in [7, 11) is 0. The zero-order valence-corrected chi connectivity index (χ0v) is 15.2. The van der Waals surface area contributed by atoms with Crippen LogP contribution in [0.25, 0.3) is 0 Å². The van der Waals surface area contributed by atoms with Crippen molar-refractivity contribution in [3.05, 3.63) is 29.8 Å². The highest BCUT2D eigenvalue weighted by atomic mass is 16.7. The van der Waals surface area contributed by atoms with Crippen molar-refractivity contribution in [1.29, 1.82) is 0 Å². The SMILES string of the molecule is CCCCCCCCCCCCOC(=O)Oc1ccc(C(=O)O)cc1. The maximum absolute atomic E-state index is 11.5. The molecule has 0 amide bonds. The number of benzene rings is 1. The zero-order valence-electron chi connectivity index (χ0n) is 15.2. The molecule has 1 N–H and O–H groups in total. The maximum atomic E-state index is 11.5. The van der Waals surface area contributed by atoms with Gasteiger partial charge in [-0.05, 0) is 30.7 Å². The first-order chi connectivity index (χ1) is 12.1. The summed E-state index contributed by atoms with van der Waals surface area (Å²) in [5.74, 6) is -0.742.